The first-order valence-corrected chi connectivity index (χ1v) is 13.3. The number of nitrogens with one attached hydrogen (secondary N) is 1. The molecule has 0 radical (unpaired) electrons. The van der Waals surface area contributed by atoms with Crippen LogP contribution in [0, 0.1) is 0 Å². The highest BCUT2D eigenvalue weighted by atomic mass is 32.1. The molecule has 1 aliphatic carbocycles. The maximum atomic E-state index is 12.8. The van der Waals surface area contributed by atoms with Crippen molar-refractivity contribution in [2.24, 2.45) is 0 Å². The third kappa shape index (κ3) is 6.92. The van der Waals surface area contributed by atoms with Gasteiger partial charge in [0, 0.05) is 30.7 Å². The summed E-state index contributed by atoms with van der Waals surface area (Å²) in [5, 5.41) is 18.8. The normalized spacial score (nSPS) is 16.8. The molecule has 1 saturated heterocycles. The highest BCUT2D eigenvalue weighted by Gasteiger charge is 2.27. The van der Waals surface area contributed by atoms with Crippen molar-refractivity contribution in [1.29, 1.82) is 0 Å². The number of halogens is 2. The molecule has 0 bridgehead atoms. The Balaban J connectivity index is 0.000000332. The number of hydrogen-bond donors (Lipinski definition) is 2. The first-order chi connectivity index (χ1) is 18.9. The number of likely N-dealkylation sites (tertiary alicyclic amines) is 1. The first-order valence-electron chi connectivity index (χ1n) is 12.4. The topological polar surface area (TPSA) is 118 Å². The number of aromatic nitrogens is 5. The fourth-order valence-electron chi connectivity index (χ4n) is 3.75. The zero-order chi connectivity index (χ0) is 27.4. The number of thiazole rings is 1. The lowest BCUT2D eigenvalue weighted by Gasteiger charge is -2.06. The van der Waals surface area contributed by atoms with E-state index in [4.69, 9.17) is 9.84 Å². The number of carbonyl (C=O) groups is 1. The largest absolute Gasteiger partial charge is 0.472 e. The molecule has 10 nitrogen and oxygen atoms in total. The minimum Gasteiger partial charge on any atom is -0.472 e. The van der Waals surface area contributed by atoms with Gasteiger partial charge in [0.1, 0.15) is 35.1 Å². The monoisotopic (exact) mass is 555 g/mol. The zero-order valence-corrected chi connectivity index (χ0v) is 21.9. The maximum Gasteiger partial charge on any atom is 0.257 e. The molecule has 0 spiro atoms. The zero-order valence-electron chi connectivity index (χ0n) is 21.1. The van der Waals surface area contributed by atoms with Crippen LogP contribution in [0.25, 0.3) is 22.0 Å². The Hall–Kier alpha value is -3.97. The molecule has 1 aromatic carbocycles. The quantitative estimate of drug-likeness (QED) is 0.332. The Bertz CT molecular complexity index is 1400. The summed E-state index contributed by atoms with van der Waals surface area (Å²) in [6.45, 7) is 0.185. The van der Waals surface area contributed by atoms with Gasteiger partial charge >= 0.3 is 0 Å². The van der Waals surface area contributed by atoms with E-state index >= 15 is 0 Å². The number of benzene rings is 1. The van der Waals surface area contributed by atoms with Gasteiger partial charge < -0.3 is 20.1 Å². The van der Waals surface area contributed by atoms with Crippen LogP contribution in [-0.2, 0) is 11.3 Å². The third-order valence-corrected chi connectivity index (χ3v) is 6.84. The number of likely N-dealkylation sites (N-methyl/N-ethyl adjacent to an activating group) is 1. The molecular weight excluding hydrogens is 528 g/mol. The molecule has 1 unspecified atom stereocenters. The standard InChI is InChI=1S/C21H18F2N6OS.C5H9NO2/c22-18(23)11-29-10-16(19(28-29)30-14-6-7-14)27-21-24-9-8-15(26-21)17-12-31-20(25-17)13-4-2-1-3-5-13;1-6-3-2-4(7)5(6)8/h1-5,8-10,12,14,18H,6-7,11H2,(H,24,26,27);4,7H,2-3H2,1H3. The Morgan fingerprint density at radius 3 is 2.59 bits per heavy atom. The molecule has 1 saturated carbocycles. The molecule has 1 atom stereocenters. The molecule has 204 valence electrons. The summed E-state index contributed by atoms with van der Waals surface area (Å²) in [6.07, 6.45) is 2.41. The fraction of sp³-hybridized carbons (Fsp3) is 0.346. The van der Waals surface area contributed by atoms with E-state index in [1.165, 1.54) is 27.1 Å². The summed E-state index contributed by atoms with van der Waals surface area (Å²) in [5.41, 5.74) is 2.88. The van der Waals surface area contributed by atoms with Gasteiger partial charge in [-0.15, -0.1) is 16.4 Å². The van der Waals surface area contributed by atoms with Crippen LogP contribution in [0.5, 0.6) is 5.88 Å². The Labute approximate surface area is 227 Å². The van der Waals surface area contributed by atoms with Crippen LogP contribution in [0.15, 0.2) is 54.2 Å². The second-order valence-corrected chi connectivity index (χ2v) is 10.00. The van der Waals surface area contributed by atoms with Gasteiger partial charge in [0.05, 0.1) is 11.9 Å². The van der Waals surface area contributed by atoms with Gasteiger partial charge in [0.25, 0.3) is 18.2 Å². The third-order valence-electron chi connectivity index (χ3n) is 5.94. The summed E-state index contributed by atoms with van der Waals surface area (Å²) < 4.78 is 32.5. The molecule has 13 heteroatoms. The minimum atomic E-state index is -2.51. The van der Waals surface area contributed by atoms with E-state index in [0.29, 0.717) is 30.3 Å². The summed E-state index contributed by atoms with van der Waals surface area (Å²) >= 11 is 1.54. The van der Waals surface area contributed by atoms with Crippen LogP contribution in [0.3, 0.4) is 0 Å². The minimum absolute atomic E-state index is 0.0779. The average Bonchev–Trinajstić information content (AvgIpc) is 3.34. The molecule has 6 rings (SSSR count). The van der Waals surface area contributed by atoms with Gasteiger partial charge in [0.15, 0.2) is 0 Å². The number of rotatable bonds is 8. The number of amides is 1. The van der Waals surface area contributed by atoms with Gasteiger partial charge in [0.2, 0.25) is 5.95 Å². The van der Waals surface area contributed by atoms with Gasteiger partial charge in [-0.25, -0.2) is 23.7 Å². The van der Waals surface area contributed by atoms with Crippen molar-refractivity contribution in [3.63, 3.8) is 0 Å². The Morgan fingerprint density at radius 1 is 1.15 bits per heavy atom. The van der Waals surface area contributed by atoms with E-state index in [1.54, 1.807) is 19.3 Å². The molecule has 39 heavy (non-hydrogen) atoms. The van der Waals surface area contributed by atoms with Crippen LogP contribution < -0.4 is 10.1 Å². The van der Waals surface area contributed by atoms with Crippen LogP contribution in [0.4, 0.5) is 20.4 Å². The van der Waals surface area contributed by atoms with Crippen LogP contribution >= 0.6 is 11.3 Å². The van der Waals surface area contributed by atoms with Gasteiger partial charge in [-0.3, -0.25) is 9.48 Å². The van der Waals surface area contributed by atoms with E-state index in [-0.39, 0.29) is 17.9 Å². The molecule has 4 heterocycles. The lowest BCUT2D eigenvalue weighted by atomic mass is 10.2. The van der Waals surface area contributed by atoms with E-state index in [2.05, 4.69) is 25.4 Å². The highest BCUT2D eigenvalue weighted by Crippen LogP contribution is 2.33. The van der Waals surface area contributed by atoms with Gasteiger partial charge in [-0.2, -0.15) is 0 Å². The number of alkyl halides is 2. The van der Waals surface area contributed by atoms with E-state index in [1.807, 2.05) is 35.7 Å². The number of aliphatic hydroxyl groups is 1. The van der Waals surface area contributed by atoms with Crippen molar-refractivity contribution >= 4 is 28.9 Å². The molecule has 2 fully saturated rings. The van der Waals surface area contributed by atoms with Crippen LogP contribution in [0.1, 0.15) is 19.3 Å². The predicted molar refractivity (Wildman–Crippen MR) is 142 cm³/mol. The summed E-state index contributed by atoms with van der Waals surface area (Å²) in [7, 11) is 1.69. The smallest absolute Gasteiger partial charge is 0.257 e. The highest BCUT2D eigenvalue weighted by molar-refractivity contribution is 7.13. The SMILES string of the molecule is CN1CCC(O)C1=O.FC(F)Cn1cc(Nc2nccc(-c3csc(-c4ccccc4)n3)n2)c(OC2CC2)n1. The molecular formula is C26H27F2N7O3S. The second-order valence-electron chi connectivity index (χ2n) is 9.14. The molecule has 2 aliphatic rings. The molecule has 4 aromatic rings. The van der Waals surface area contributed by atoms with Crippen LogP contribution in [0.2, 0.25) is 0 Å². The van der Waals surface area contributed by atoms with Crippen molar-refractivity contribution < 1.29 is 23.4 Å². The fourth-order valence-corrected chi connectivity index (χ4v) is 4.57. The number of hydrogen-bond acceptors (Lipinski definition) is 9. The Kier molecular flexibility index (Phi) is 8.07. The number of anilines is 2. The van der Waals surface area contributed by atoms with Crippen molar-refractivity contribution in [1.82, 2.24) is 29.6 Å². The molecule has 3 aromatic heterocycles. The summed E-state index contributed by atoms with van der Waals surface area (Å²) in [6, 6.07) is 11.7. The molecule has 2 N–H and O–H groups in total. The van der Waals surface area contributed by atoms with Crippen molar-refractivity contribution in [2.75, 3.05) is 18.9 Å². The maximum absolute atomic E-state index is 12.8. The van der Waals surface area contributed by atoms with Crippen molar-refractivity contribution in [2.45, 2.75) is 44.4 Å². The second kappa shape index (κ2) is 11.8. The number of ether oxygens (including phenoxy) is 1. The average molecular weight is 556 g/mol. The number of nitrogens with zero attached hydrogens (tertiary/aromatic N) is 6. The van der Waals surface area contributed by atoms with E-state index in [9.17, 15) is 13.6 Å². The Morgan fingerprint density at radius 2 is 1.95 bits per heavy atom. The van der Waals surface area contributed by atoms with E-state index < -0.39 is 19.1 Å². The molecule has 1 aliphatic heterocycles. The molecule has 1 amide bonds. The summed E-state index contributed by atoms with van der Waals surface area (Å²) in [4.78, 5) is 25.6. The summed E-state index contributed by atoms with van der Waals surface area (Å²) in [5.74, 6) is 0.436. The lowest BCUT2D eigenvalue weighted by molar-refractivity contribution is -0.133. The number of aliphatic hydroxyl groups excluding tert-OH is 1. The number of carbonyl (C=O) groups excluding carboxylic acids is 1. The van der Waals surface area contributed by atoms with Gasteiger partial charge in [-0.05, 0) is 25.3 Å². The van der Waals surface area contributed by atoms with E-state index in [0.717, 1.165) is 29.1 Å². The predicted octanol–water partition coefficient (Wildman–Crippen LogP) is 4.22. The van der Waals surface area contributed by atoms with Crippen molar-refractivity contribution in [3.05, 3.63) is 54.2 Å². The van der Waals surface area contributed by atoms with Crippen molar-refractivity contribution in [3.8, 4) is 27.8 Å². The van der Waals surface area contributed by atoms with Gasteiger partial charge in [-0.1, -0.05) is 30.3 Å². The lowest BCUT2D eigenvalue weighted by Crippen LogP contribution is -2.24. The van der Waals surface area contributed by atoms with Crippen LogP contribution in [-0.4, -0.2) is 72.9 Å². The first kappa shape index (κ1) is 26.6.